The van der Waals surface area contributed by atoms with Gasteiger partial charge in [-0.1, -0.05) is 86.6 Å². The van der Waals surface area contributed by atoms with E-state index in [-0.39, 0.29) is 6.09 Å². The zero-order valence-electron chi connectivity index (χ0n) is 38.5. The number of carbonyl (C=O) groups excluding carboxylic acids is 2. The number of ether oxygens (including phenoxy) is 1. The summed E-state index contributed by atoms with van der Waals surface area (Å²) >= 11 is 0. The maximum absolute atomic E-state index is 12.6. The lowest BCUT2D eigenvalue weighted by Crippen LogP contribution is -2.41. The molecular weight excluding hydrogens is 806 g/mol. The monoisotopic (exact) mass is 870 g/mol. The summed E-state index contributed by atoms with van der Waals surface area (Å²) in [7, 11) is 0. The highest BCUT2D eigenvalue weighted by atomic mass is 19.4. The van der Waals surface area contributed by atoms with Gasteiger partial charge in [0.1, 0.15) is 18.3 Å². The average molecular weight is 870 g/mol. The Labute approximate surface area is 372 Å². The second-order valence-corrected chi connectivity index (χ2v) is 17.0. The number of nitrogens with zero attached hydrogens (tertiary/aromatic N) is 7. The number of halogens is 3. The first-order valence-electron chi connectivity index (χ1n) is 22.4. The average Bonchev–Trinajstić information content (AvgIpc) is 3.27. The summed E-state index contributed by atoms with van der Waals surface area (Å²) in [5, 5.41) is 3.46. The van der Waals surface area contributed by atoms with Crippen LogP contribution in [0.5, 0.6) is 0 Å². The molecular formula is C49H63F3N8O3. The molecule has 8 rings (SSSR count). The largest absolute Gasteiger partial charge is 0.446 e. The fourth-order valence-corrected chi connectivity index (χ4v) is 7.95. The molecule has 0 aliphatic carbocycles. The van der Waals surface area contributed by atoms with Crippen LogP contribution >= 0.6 is 0 Å². The molecule has 14 heteroatoms. The second kappa shape index (κ2) is 22.9. The SMILES string of the molecule is C[C@@H]1Cc2ncnc(C3=CCCN(C(=O)OC(C)(C)C)C3)c2CN1Cc1ccccc1.C[C@@H]1Cc2ncnc(C3=CCCNC3)c2CN1Cc1ccccc1.O=CC(F)(F)F.[2H]CC. The van der Waals surface area contributed by atoms with Crippen molar-refractivity contribution >= 4 is 23.5 Å². The summed E-state index contributed by atoms with van der Waals surface area (Å²) in [6.07, 6.45) is 5.77. The van der Waals surface area contributed by atoms with E-state index in [2.05, 4.69) is 122 Å². The van der Waals surface area contributed by atoms with Crippen molar-refractivity contribution in [2.45, 2.75) is 124 Å². The van der Waals surface area contributed by atoms with Crippen molar-refractivity contribution in [3.05, 3.63) is 130 Å². The summed E-state index contributed by atoms with van der Waals surface area (Å²) in [5.41, 5.74) is 11.6. The Bertz CT molecular complexity index is 2180. The summed E-state index contributed by atoms with van der Waals surface area (Å²) in [4.78, 5) is 46.6. The number of benzene rings is 2. The van der Waals surface area contributed by atoms with Gasteiger partial charge in [-0.15, -0.1) is 0 Å². The Balaban J connectivity index is 0.000000207. The van der Waals surface area contributed by atoms with Crippen LogP contribution in [0.4, 0.5) is 18.0 Å². The molecule has 1 N–H and O–H groups in total. The van der Waals surface area contributed by atoms with Gasteiger partial charge in [0.25, 0.3) is 0 Å². The van der Waals surface area contributed by atoms with Crippen LogP contribution < -0.4 is 5.32 Å². The second-order valence-electron chi connectivity index (χ2n) is 17.0. The third kappa shape index (κ3) is 14.4. The molecule has 338 valence electrons. The van der Waals surface area contributed by atoms with Crippen LogP contribution in [0, 0.1) is 0 Å². The van der Waals surface area contributed by atoms with Gasteiger partial charge in [0.05, 0.1) is 29.3 Å². The topological polar surface area (TPSA) is 117 Å². The Morgan fingerprint density at radius 2 is 1.27 bits per heavy atom. The molecule has 2 aromatic heterocycles. The lowest BCUT2D eigenvalue weighted by atomic mass is 9.93. The molecule has 63 heavy (non-hydrogen) atoms. The molecule has 2 aromatic carbocycles. The van der Waals surface area contributed by atoms with Crippen LogP contribution in [0.2, 0.25) is 0 Å². The lowest BCUT2D eigenvalue weighted by molar-refractivity contribution is -0.156. The van der Waals surface area contributed by atoms with Crippen molar-refractivity contribution in [2.75, 3.05) is 26.2 Å². The van der Waals surface area contributed by atoms with Crippen molar-refractivity contribution in [2.24, 2.45) is 0 Å². The van der Waals surface area contributed by atoms with E-state index >= 15 is 0 Å². The number of nitrogens with one attached hydrogen (secondary N) is 1. The number of rotatable bonds is 6. The van der Waals surface area contributed by atoms with Gasteiger partial charge in [0, 0.05) is 76.7 Å². The first-order valence-corrected chi connectivity index (χ1v) is 21.7. The van der Waals surface area contributed by atoms with Gasteiger partial charge < -0.3 is 15.0 Å². The van der Waals surface area contributed by atoms with Crippen LogP contribution in [0.3, 0.4) is 0 Å². The number of aromatic nitrogens is 4. The van der Waals surface area contributed by atoms with Gasteiger partial charge in [-0.2, -0.15) is 13.2 Å². The molecule has 6 heterocycles. The van der Waals surface area contributed by atoms with Crippen LogP contribution in [-0.2, 0) is 48.6 Å². The third-order valence-corrected chi connectivity index (χ3v) is 11.0. The predicted octanol–water partition coefficient (Wildman–Crippen LogP) is 9.02. The fraction of sp³-hybridized carbons (Fsp3) is 0.469. The van der Waals surface area contributed by atoms with E-state index in [1.165, 1.54) is 33.5 Å². The van der Waals surface area contributed by atoms with Crippen molar-refractivity contribution in [3.63, 3.8) is 0 Å². The summed E-state index contributed by atoms with van der Waals surface area (Å²) in [5.74, 6) is 0. The summed E-state index contributed by atoms with van der Waals surface area (Å²) < 4.78 is 43.0. The van der Waals surface area contributed by atoms with Crippen LogP contribution in [0.25, 0.3) is 11.1 Å². The molecule has 2 atom stereocenters. The Morgan fingerprint density at radius 1 is 0.794 bits per heavy atom. The minimum atomic E-state index is -4.64. The number of fused-ring (bicyclic) bond motifs is 2. The minimum Gasteiger partial charge on any atom is -0.444 e. The van der Waals surface area contributed by atoms with Gasteiger partial charge in [-0.05, 0) is 76.3 Å². The van der Waals surface area contributed by atoms with E-state index in [0.717, 1.165) is 87.6 Å². The van der Waals surface area contributed by atoms with Gasteiger partial charge in [-0.25, -0.2) is 24.7 Å². The number of hydrogen-bond acceptors (Lipinski definition) is 10. The van der Waals surface area contributed by atoms with E-state index < -0.39 is 18.1 Å². The van der Waals surface area contributed by atoms with E-state index in [4.69, 9.17) is 10.9 Å². The standard InChI is InChI=1S/C25H32N4O2.C20H24N4.C2HF3O.C2H6/c1-18-13-22-21(16-29(18)14-19-9-6-5-7-10-19)23(27-17-26-22)20-11-8-12-28(15-20)24(30)31-25(2,3)4;1-15-10-19-18(13-24(15)12-16-6-3-2-4-7-16)20(23-14-22-19)17-8-5-9-21-11-17;3-2(4,5)1-6;1-2/h5-7,9-11,17-18H,8,12-16H2,1-4H3;2-4,6-8,14-15,21H,5,9-13H2,1H3;1H;1-2H3/t18-;15-;;/m11../s1/i;;;1D. The third-order valence-electron chi connectivity index (χ3n) is 11.0. The molecule has 4 aliphatic rings. The zero-order valence-corrected chi connectivity index (χ0v) is 37.5. The Morgan fingerprint density at radius 3 is 1.71 bits per heavy atom. The first-order chi connectivity index (χ1) is 30.6. The molecule has 1 amide bonds. The van der Waals surface area contributed by atoms with Gasteiger partial charge in [0.2, 0.25) is 6.29 Å². The molecule has 0 fully saturated rings. The number of amides is 1. The van der Waals surface area contributed by atoms with Crippen molar-refractivity contribution in [3.8, 4) is 0 Å². The maximum Gasteiger partial charge on any atom is 0.446 e. The van der Waals surface area contributed by atoms with Crippen LogP contribution in [0.15, 0.2) is 85.5 Å². The molecule has 4 aromatic rings. The van der Waals surface area contributed by atoms with Crippen molar-refractivity contribution < 1.29 is 28.9 Å². The number of hydrogen-bond donors (Lipinski definition) is 1. The van der Waals surface area contributed by atoms with E-state index in [1.54, 1.807) is 24.5 Å². The molecule has 4 aliphatic heterocycles. The summed E-state index contributed by atoms with van der Waals surface area (Å²) in [6, 6.07) is 22.2. The van der Waals surface area contributed by atoms with Crippen LogP contribution in [0.1, 0.15) is 108 Å². The highest BCUT2D eigenvalue weighted by molar-refractivity contribution is 5.75. The zero-order chi connectivity index (χ0) is 46.3. The number of carbonyl (C=O) groups is 2. The van der Waals surface area contributed by atoms with E-state index in [1.807, 2.05) is 20.8 Å². The molecule has 0 radical (unpaired) electrons. The molecule has 0 unspecified atom stereocenters. The lowest BCUT2D eigenvalue weighted by Gasteiger charge is -2.36. The van der Waals surface area contributed by atoms with Crippen molar-refractivity contribution in [1.82, 2.24) is 40.0 Å². The van der Waals surface area contributed by atoms with Crippen molar-refractivity contribution in [1.29, 1.82) is 0 Å². The number of aldehydes is 1. The fourth-order valence-electron chi connectivity index (χ4n) is 7.95. The normalized spacial score (nSPS) is 19.1. The highest BCUT2D eigenvalue weighted by Crippen LogP contribution is 2.32. The number of alkyl halides is 3. The predicted molar refractivity (Wildman–Crippen MR) is 241 cm³/mol. The minimum absolute atomic E-state index is 0.264. The van der Waals surface area contributed by atoms with Crippen LogP contribution in [-0.4, -0.2) is 97.1 Å². The maximum atomic E-state index is 12.6. The quantitative estimate of drug-likeness (QED) is 0.188. The van der Waals surface area contributed by atoms with Gasteiger partial charge in [0.15, 0.2) is 0 Å². The van der Waals surface area contributed by atoms with Gasteiger partial charge in [-0.3, -0.25) is 14.6 Å². The van der Waals surface area contributed by atoms with Gasteiger partial charge >= 0.3 is 12.3 Å². The highest BCUT2D eigenvalue weighted by Gasteiger charge is 2.31. The summed E-state index contributed by atoms with van der Waals surface area (Å²) in [6.45, 7) is 19.3. The molecule has 0 saturated heterocycles. The molecule has 0 bridgehead atoms. The Kier molecular flexibility index (Phi) is 17.1. The molecule has 0 saturated carbocycles. The molecule has 11 nitrogen and oxygen atoms in total. The Hall–Kier alpha value is -5.31. The smallest absolute Gasteiger partial charge is 0.444 e. The van der Waals surface area contributed by atoms with E-state index in [0.29, 0.717) is 32.1 Å². The molecule has 0 spiro atoms. The van der Waals surface area contributed by atoms with E-state index in [9.17, 15) is 18.0 Å². The first kappa shape index (κ1) is 47.2.